The number of piperidine rings is 3. The Bertz CT molecular complexity index is 858. The number of ether oxygens (including phenoxy) is 2. The predicted octanol–water partition coefficient (Wildman–Crippen LogP) is 3.85. The Hall–Kier alpha value is -1.56. The van der Waals surface area contributed by atoms with Crippen molar-refractivity contribution >= 4 is 11.3 Å². The summed E-state index contributed by atoms with van der Waals surface area (Å²) < 4.78 is 11.2. The summed E-state index contributed by atoms with van der Waals surface area (Å²) in [6.45, 7) is 7.42. The average molecular weight is 383 g/mol. The van der Waals surface area contributed by atoms with Gasteiger partial charge in [0, 0.05) is 36.0 Å². The molecule has 7 rings (SSSR count). The highest BCUT2D eigenvalue weighted by atomic mass is 32.1. The summed E-state index contributed by atoms with van der Waals surface area (Å²) in [5, 5.41) is 2.24. The lowest BCUT2D eigenvalue weighted by atomic mass is 9.75. The van der Waals surface area contributed by atoms with Gasteiger partial charge in [-0.05, 0) is 73.5 Å². The van der Waals surface area contributed by atoms with Crippen LogP contribution in [0, 0.1) is 12.8 Å². The van der Waals surface area contributed by atoms with Crippen molar-refractivity contribution in [3.8, 4) is 11.5 Å². The fourth-order valence-corrected chi connectivity index (χ4v) is 6.84. The molecule has 27 heavy (non-hydrogen) atoms. The molecule has 4 saturated heterocycles. The molecule has 2 bridgehead atoms. The van der Waals surface area contributed by atoms with E-state index in [1.807, 2.05) is 11.3 Å². The van der Waals surface area contributed by atoms with Crippen LogP contribution in [-0.4, -0.2) is 48.3 Å². The quantitative estimate of drug-likeness (QED) is 0.805. The van der Waals surface area contributed by atoms with Gasteiger partial charge >= 0.3 is 0 Å². The van der Waals surface area contributed by atoms with Crippen LogP contribution in [0.4, 0.5) is 0 Å². The lowest BCUT2D eigenvalue weighted by molar-refractivity contribution is -0.00849. The number of thiophene rings is 1. The number of rotatable bonds is 3. The molecule has 0 spiro atoms. The second-order valence-electron chi connectivity index (χ2n) is 8.53. The molecule has 0 unspecified atom stereocenters. The lowest BCUT2D eigenvalue weighted by Crippen LogP contribution is -2.59. The maximum Gasteiger partial charge on any atom is 0.231 e. The Morgan fingerprint density at radius 2 is 1.93 bits per heavy atom. The number of aryl methyl sites for hydroxylation is 1. The van der Waals surface area contributed by atoms with Crippen LogP contribution < -0.4 is 9.47 Å². The van der Waals surface area contributed by atoms with Crippen molar-refractivity contribution < 1.29 is 9.47 Å². The molecular weight excluding hydrogens is 356 g/mol. The van der Waals surface area contributed by atoms with Gasteiger partial charge < -0.3 is 9.47 Å². The molecule has 2 aromatic rings. The molecule has 0 amide bonds. The van der Waals surface area contributed by atoms with E-state index in [2.05, 4.69) is 46.4 Å². The fraction of sp³-hybridized carbons (Fsp3) is 0.545. The topological polar surface area (TPSA) is 24.9 Å². The number of likely N-dealkylation sites (tertiary alicyclic amines) is 1. The molecule has 4 fully saturated rings. The molecule has 4 nitrogen and oxygen atoms in total. The van der Waals surface area contributed by atoms with Crippen molar-refractivity contribution in [1.82, 2.24) is 9.80 Å². The van der Waals surface area contributed by atoms with Crippen molar-refractivity contribution in [2.75, 3.05) is 26.4 Å². The van der Waals surface area contributed by atoms with Gasteiger partial charge in [-0.1, -0.05) is 6.07 Å². The largest absolute Gasteiger partial charge is 0.454 e. The van der Waals surface area contributed by atoms with Gasteiger partial charge in [-0.25, -0.2) is 0 Å². The van der Waals surface area contributed by atoms with Crippen molar-refractivity contribution in [2.45, 2.75) is 44.3 Å². The molecule has 5 aliphatic rings. The van der Waals surface area contributed by atoms with E-state index in [0.29, 0.717) is 24.8 Å². The molecule has 6 heterocycles. The average Bonchev–Trinajstić information content (AvgIpc) is 3.42. The van der Waals surface area contributed by atoms with Gasteiger partial charge in [0.1, 0.15) is 0 Å². The fourth-order valence-electron chi connectivity index (χ4n) is 5.91. The second kappa shape index (κ2) is 6.23. The van der Waals surface area contributed by atoms with Crippen molar-refractivity contribution in [3.05, 3.63) is 45.6 Å². The Kier molecular flexibility index (Phi) is 3.78. The number of hydrogen-bond donors (Lipinski definition) is 0. The van der Waals surface area contributed by atoms with E-state index in [9.17, 15) is 0 Å². The van der Waals surface area contributed by atoms with Gasteiger partial charge in [-0.15, -0.1) is 11.3 Å². The summed E-state index contributed by atoms with van der Waals surface area (Å²) in [4.78, 5) is 7.12. The summed E-state index contributed by atoms with van der Waals surface area (Å²) in [6, 6.07) is 10.2. The van der Waals surface area contributed by atoms with E-state index in [0.717, 1.165) is 30.5 Å². The minimum atomic E-state index is 0.355. The number of fused-ring (bicyclic) bond motifs is 3. The molecule has 1 aromatic heterocycles. The van der Waals surface area contributed by atoms with Crippen LogP contribution in [0.5, 0.6) is 11.5 Å². The van der Waals surface area contributed by atoms with E-state index in [-0.39, 0.29) is 0 Å². The molecular formula is C22H26N2O2S. The highest BCUT2D eigenvalue weighted by Crippen LogP contribution is 2.48. The Balaban J connectivity index is 1.36. The SMILES string of the molecule is Cc1ccsc1CN1C[C@@H](c2ccc3c(c2)OCO3)[C@@H]2[C@H]1C1CCN2CC1. The van der Waals surface area contributed by atoms with E-state index in [1.54, 1.807) is 0 Å². The van der Waals surface area contributed by atoms with Gasteiger partial charge in [0.05, 0.1) is 0 Å². The van der Waals surface area contributed by atoms with Crippen molar-refractivity contribution in [3.63, 3.8) is 0 Å². The monoisotopic (exact) mass is 382 g/mol. The molecule has 3 atom stereocenters. The molecule has 1 aromatic carbocycles. The van der Waals surface area contributed by atoms with Crippen LogP contribution in [-0.2, 0) is 6.54 Å². The van der Waals surface area contributed by atoms with Gasteiger partial charge in [0.15, 0.2) is 11.5 Å². The highest BCUT2D eigenvalue weighted by molar-refractivity contribution is 7.10. The first-order valence-electron chi connectivity index (χ1n) is 10.2. The van der Waals surface area contributed by atoms with Crippen LogP contribution >= 0.6 is 11.3 Å². The molecule has 5 aliphatic heterocycles. The van der Waals surface area contributed by atoms with E-state index in [4.69, 9.17) is 9.47 Å². The van der Waals surface area contributed by atoms with Crippen LogP contribution in [0.1, 0.15) is 34.8 Å². The standard InChI is InChI=1S/C22H26N2O2S/c1-14-6-9-27-20(14)12-24-11-17(16-2-3-18-19(10-16)26-13-25-18)22-21(24)15-4-7-23(22)8-5-15/h2-3,6,9-10,15,17,21-22H,4-5,7-8,11-13H2,1H3/t17-,21+,22+/m0/s1. The Labute approximate surface area is 164 Å². The zero-order chi connectivity index (χ0) is 18.0. The third-order valence-electron chi connectivity index (χ3n) is 7.23. The third kappa shape index (κ3) is 2.55. The van der Waals surface area contributed by atoms with Crippen LogP contribution in [0.3, 0.4) is 0 Å². The molecule has 0 radical (unpaired) electrons. The van der Waals surface area contributed by atoms with Crippen LogP contribution in [0.2, 0.25) is 0 Å². The molecule has 0 saturated carbocycles. The first-order valence-corrected chi connectivity index (χ1v) is 11.1. The zero-order valence-electron chi connectivity index (χ0n) is 15.8. The summed E-state index contributed by atoms with van der Waals surface area (Å²) in [5.41, 5.74) is 2.87. The van der Waals surface area contributed by atoms with E-state index >= 15 is 0 Å². The molecule has 0 N–H and O–H groups in total. The maximum atomic E-state index is 5.68. The summed E-state index contributed by atoms with van der Waals surface area (Å²) >= 11 is 1.92. The molecule has 0 aliphatic carbocycles. The molecule has 142 valence electrons. The van der Waals surface area contributed by atoms with Crippen molar-refractivity contribution in [1.29, 1.82) is 0 Å². The Morgan fingerprint density at radius 3 is 2.74 bits per heavy atom. The van der Waals surface area contributed by atoms with Gasteiger partial charge in [-0.2, -0.15) is 0 Å². The number of hydrogen-bond acceptors (Lipinski definition) is 5. The minimum Gasteiger partial charge on any atom is -0.454 e. The maximum absolute atomic E-state index is 5.68. The number of nitrogens with zero attached hydrogens (tertiary/aromatic N) is 2. The molecule has 5 heteroatoms. The predicted molar refractivity (Wildman–Crippen MR) is 107 cm³/mol. The van der Waals surface area contributed by atoms with Crippen molar-refractivity contribution in [2.24, 2.45) is 5.92 Å². The van der Waals surface area contributed by atoms with Gasteiger partial charge in [0.25, 0.3) is 0 Å². The second-order valence-corrected chi connectivity index (χ2v) is 9.53. The van der Waals surface area contributed by atoms with E-state index < -0.39 is 0 Å². The zero-order valence-corrected chi connectivity index (χ0v) is 16.6. The van der Waals surface area contributed by atoms with Crippen LogP contribution in [0.15, 0.2) is 29.6 Å². The summed E-state index contributed by atoms with van der Waals surface area (Å²) in [7, 11) is 0. The summed E-state index contributed by atoms with van der Waals surface area (Å²) in [5.74, 6) is 3.24. The van der Waals surface area contributed by atoms with Crippen LogP contribution in [0.25, 0.3) is 0 Å². The minimum absolute atomic E-state index is 0.355. The summed E-state index contributed by atoms with van der Waals surface area (Å²) in [6.07, 6.45) is 2.74. The Morgan fingerprint density at radius 1 is 1.07 bits per heavy atom. The first-order chi connectivity index (χ1) is 13.3. The van der Waals surface area contributed by atoms with E-state index in [1.165, 1.54) is 41.9 Å². The number of benzene rings is 1. The third-order valence-corrected chi connectivity index (χ3v) is 8.24. The first kappa shape index (κ1) is 16.4. The van der Waals surface area contributed by atoms with Gasteiger partial charge in [0.2, 0.25) is 6.79 Å². The normalized spacial score (nSPS) is 34.2. The van der Waals surface area contributed by atoms with Gasteiger partial charge in [-0.3, -0.25) is 9.80 Å². The smallest absolute Gasteiger partial charge is 0.231 e. The lowest BCUT2D eigenvalue weighted by Gasteiger charge is -2.51. The highest BCUT2D eigenvalue weighted by Gasteiger charge is 2.53.